The molecule has 0 saturated carbocycles. The number of halogens is 1. The minimum atomic E-state index is -0.700. The average molecular weight is 272 g/mol. The summed E-state index contributed by atoms with van der Waals surface area (Å²) in [5.74, 6) is 2.69. The van der Waals surface area contributed by atoms with Crippen molar-refractivity contribution in [1.29, 1.82) is 0 Å². The van der Waals surface area contributed by atoms with Crippen LogP contribution in [0.25, 0.3) is 5.78 Å². The van der Waals surface area contributed by atoms with E-state index in [1.165, 1.54) is 6.33 Å². The van der Waals surface area contributed by atoms with Crippen LogP contribution in [0.2, 0.25) is 5.15 Å². The molecule has 1 aliphatic heterocycles. The van der Waals surface area contributed by atoms with Crippen molar-refractivity contribution >= 4 is 34.0 Å². The molecule has 1 aliphatic rings. The molecule has 8 heteroatoms. The third-order valence-electron chi connectivity index (χ3n) is 2.70. The van der Waals surface area contributed by atoms with Crippen LogP contribution in [0, 0.1) is 0 Å². The maximum atomic E-state index is 11.3. The van der Waals surface area contributed by atoms with E-state index in [4.69, 9.17) is 11.6 Å². The van der Waals surface area contributed by atoms with Gasteiger partial charge in [-0.25, -0.2) is 0 Å². The van der Waals surface area contributed by atoms with Crippen LogP contribution in [0.5, 0.6) is 0 Å². The van der Waals surface area contributed by atoms with Gasteiger partial charge < -0.3 is 4.90 Å². The molecule has 3 rings (SSSR count). The van der Waals surface area contributed by atoms with Crippen molar-refractivity contribution in [1.82, 2.24) is 19.6 Å². The highest BCUT2D eigenvalue weighted by Gasteiger charge is 2.19. The number of nitrogens with zero attached hydrogens (tertiary/aromatic N) is 5. The molecule has 17 heavy (non-hydrogen) atoms. The van der Waals surface area contributed by atoms with Gasteiger partial charge in [-0.1, -0.05) is 11.6 Å². The average Bonchev–Trinajstić information content (AvgIpc) is 2.77. The Labute approximate surface area is 105 Å². The zero-order valence-corrected chi connectivity index (χ0v) is 10.5. The van der Waals surface area contributed by atoms with Gasteiger partial charge in [0, 0.05) is 41.5 Å². The molecule has 2 aromatic rings. The molecule has 90 valence electrons. The summed E-state index contributed by atoms with van der Waals surface area (Å²) in [6.07, 6.45) is 1.45. The quantitative estimate of drug-likeness (QED) is 0.700. The number of fused-ring (bicyclic) bond motifs is 1. The molecule has 0 aromatic carbocycles. The van der Waals surface area contributed by atoms with Crippen LogP contribution in [0.3, 0.4) is 0 Å². The molecule has 0 spiro atoms. The summed E-state index contributed by atoms with van der Waals surface area (Å²) in [6.45, 7) is 1.48. The summed E-state index contributed by atoms with van der Waals surface area (Å²) < 4.78 is 13.0. The Morgan fingerprint density at radius 3 is 2.88 bits per heavy atom. The van der Waals surface area contributed by atoms with Crippen molar-refractivity contribution in [2.45, 2.75) is 0 Å². The lowest BCUT2D eigenvalue weighted by Gasteiger charge is -2.28. The van der Waals surface area contributed by atoms with Crippen LogP contribution in [0.15, 0.2) is 12.4 Å². The van der Waals surface area contributed by atoms with Crippen LogP contribution in [0.4, 0.5) is 5.82 Å². The molecule has 2 aromatic heterocycles. The summed E-state index contributed by atoms with van der Waals surface area (Å²) >= 11 is 5.95. The van der Waals surface area contributed by atoms with Gasteiger partial charge in [0.15, 0.2) is 0 Å². The van der Waals surface area contributed by atoms with Gasteiger partial charge in [-0.15, -0.1) is 0 Å². The Balaban J connectivity index is 2.04. The molecule has 0 radical (unpaired) electrons. The van der Waals surface area contributed by atoms with Crippen molar-refractivity contribution in [3.63, 3.8) is 0 Å². The summed E-state index contributed by atoms with van der Waals surface area (Å²) in [7, 11) is -0.700. The fraction of sp³-hybridized carbons (Fsp3) is 0.444. The summed E-state index contributed by atoms with van der Waals surface area (Å²) in [6, 6.07) is 1.76. The molecule has 1 saturated heterocycles. The van der Waals surface area contributed by atoms with Crippen LogP contribution < -0.4 is 4.90 Å². The van der Waals surface area contributed by atoms with E-state index in [1.54, 1.807) is 10.6 Å². The maximum Gasteiger partial charge on any atom is 0.255 e. The molecule has 0 aliphatic carbocycles. The number of hydrogen-bond acceptors (Lipinski definition) is 5. The van der Waals surface area contributed by atoms with Crippen molar-refractivity contribution < 1.29 is 4.21 Å². The smallest absolute Gasteiger partial charge is 0.255 e. The molecular weight excluding hydrogens is 262 g/mol. The lowest BCUT2D eigenvalue weighted by atomic mass is 10.4. The van der Waals surface area contributed by atoms with E-state index >= 15 is 0 Å². The minimum absolute atomic E-state index is 0.396. The summed E-state index contributed by atoms with van der Waals surface area (Å²) in [5, 5.41) is 4.52. The van der Waals surface area contributed by atoms with Gasteiger partial charge in [0.1, 0.15) is 17.3 Å². The fourth-order valence-electron chi connectivity index (χ4n) is 1.86. The lowest BCUT2D eigenvalue weighted by molar-refractivity contribution is 0.671. The van der Waals surface area contributed by atoms with E-state index in [9.17, 15) is 4.21 Å². The van der Waals surface area contributed by atoms with E-state index in [-0.39, 0.29) is 0 Å². The second-order valence-corrected chi connectivity index (χ2v) is 5.83. The molecule has 0 amide bonds. The van der Waals surface area contributed by atoms with E-state index in [0.717, 1.165) is 18.9 Å². The fourth-order valence-corrected chi connectivity index (χ4v) is 3.09. The number of rotatable bonds is 1. The maximum absolute atomic E-state index is 11.3. The standard InChI is InChI=1S/C9H10ClN5OS/c10-7-5-8(14-1-3-17(16)4-2-14)15-9(13-7)11-6-12-15/h5-6H,1-4H2. The first kappa shape index (κ1) is 10.9. The lowest BCUT2D eigenvalue weighted by Crippen LogP contribution is -2.38. The Hall–Kier alpha value is -1.21. The Bertz CT molecular complexity index is 576. The van der Waals surface area contributed by atoms with E-state index in [1.807, 2.05) is 0 Å². The van der Waals surface area contributed by atoms with Crippen LogP contribution in [0.1, 0.15) is 0 Å². The number of aromatic nitrogens is 4. The summed E-state index contributed by atoms with van der Waals surface area (Å²) in [4.78, 5) is 10.2. The van der Waals surface area contributed by atoms with E-state index < -0.39 is 10.8 Å². The monoisotopic (exact) mass is 271 g/mol. The highest BCUT2D eigenvalue weighted by Crippen LogP contribution is 2.20. The van der Waals surface area contributed by atoms with Crippen LogP contribution >= 0.6 is 11.6 Å². The Kier molecular flexibility index (Phi) is 2.71. The van der Waals surface area contributed by atoms with Gasteiger partial charge in [0.25, 0.3) is 5.78 Å². The summed E-state index contributed by atoms with van der Waals surface area (Å²) in [5.41, 5.74) is 0. The van der Waals surface area contributed by atoms with E-state index in [2.05, 4.69) is 20.0 Å². The Morgan fingerprint density at radius 1 is 1.35 bits per heavy atom. The van der Waals surface area contributed by atoms with Gasteiger partial charge in [0.2, 0.25) is 0 Å². The molecule has 0 bridgehead atoms. The zero-order valence-electron chi connectivity index (χ0n) is 8.91. The molecule has 0 N–H and O–H groups in total. The SMILES string of the molecule is O=S1CCN(c2cc(Cl)nc3ncnn23)CC1. The number of anilines is 1. The molecule has 3 heterocycles. The molecule has 6 nitrogen and oxygen atoms in total. The zero-order chi connectivity index (χ0) is 11.8. The predicted molar refractivity (Wildman–Crippen MR) is 65.9 cm³/mol. The molecule has 0 atom stereocenters. The largest absolute Gasteiger partial charge is 0.355 e. The van der Waals surface area contributed by atoms with Crippen LogP contribution in [-0.4, -0.2) is 48.4 Å². The highest BCUT2D eigenvalue weighted by molar-refractivity contribution is 7.85. The second kappa shape index (κ2) is 4.23. The molecular formula is C9H10ClN5OS. The van der Waals surface area contributed by atoms with Gasteiger partial charge in [-0.3, -0.25) is 4.21 Å². The normalized spacial score (nSPS) is 17.8. The topological polar surface area (TPSA) is 63.4 Å². The van der Waals surface area contributed by atoms with Crippen molar-refractivity contribution in [2.24, 2.45) is 0 Å². The highest BCUT2D eigenvalue weighted by atomic mass is 35.5. The predicted octanol–water partition coefficient (Wildman–Crippen LogP) is 0.346. The van der Waals surface area contributed by atoms with Crippen LogP contribution in [-0.2, 0) is 10.8 Å². The first-order chi connectivity index (χ1) is 8.24. The van der Waals surface area contributed by atoms with Crippen molar-refractivity contribution in [2.75, 3.05) is 29.5 Å². The van der Waals surface area contributed by atoms with E-state index in [0.29, 0.717) is 22.4 Å². The third-order valence-corrected chi connectivity index (χ3v) is 4.17. The van der Waals surface area contributed by atoms with Crippen molar-refractivity contribution in [3.8, 4) is 0 Å². The van der Waals surface area contributed by atoms with Gasteiger partial charge in [0.05, 0.1) is 0 Å². The minimum Gasteiger partial charge on any atom is -0.355 e. The Morgan fingerprint density at radius 2 is 2.12 bits per heavy atom. The van der Waals surface area contributed by atoms with Gasteiger partial charge >= 0.3 is 0 Å². The molecule has 0 unspecified atom stereocenters. The third kappa shape index (κ3) is 2.00. The first-order valence-corrected chi connectivity index (χ1v) is 7.07. The molecule has 1 fully saturated rings. The van der Waals surface area contributed by atoms with Crippen molar-refractivity contribution in [3.05, 3.63) is 17.5 Å². The van der Waals surface area contributed by atoms with Gasteiger partial charge in [-0.2, -0.15) is 19.6 Å². The second-order valence-electron chi connectivity index (χ2n) is 3.74. The van der Waals surface area contributed by atoms with Gasteiger partial charge in [-0.05, 0) is 0 Å². The first-order valence-electron chi connectivity index (χ1n) is 5.20. The number of hydrogen-bond donors (Lipinski definition) is 0.